The van der Waals surface area contributed by atoms with E-state index < -0.39 is 0 Å². The normalized spacial score (nSPS) is 19.6. The van der Waals surface area contributed by atoms with Crippen molar-refractivity contribution in [2.24, 2.45) is 0 Å². The zero-order valence-electron chi connectivity index (χ0n) is 10.6. The summed E-state index contributed by atoms with van der Waals surface area (Å²) in [6, 6.07) is 1.99. The van der Waals surface area contributed by atoms with Crippen LogP contribution in [0.1, 0.15) is 36.9 Å². The highest BCUT2D eigenvalue weighted by Gasteiger charge is 2.26. The minimum atomic E-state index is 0.256. The van der Waals surface area contributed by atoms with Crippen molar-refractivity contribution in [3.63, 3.8) is 0 Å². The summed E-state index contributed by atoms with van der Waals surface area (Å²) in [5.41, 5.74) is 2.40. The lowest BCUT2D eigenvalue weighted by Crippen LogP contribution is -2.25. The molecule has 1 fully saturated rings. The highest BCUT2D eigenvalue weighted by molar-refractivity contribution is 5.38. The molecule has 1 aromatic heterocycles. The molecule has 0 unspecified atom stereocenters. The molecule has 1 saturated carbocycles. The fraction of sp³-hybridized carbons (Fsp3) is 0.643. The number of pyridine rings is 1. The van der Waals surface area contributed by atoms with Crippen LogP contribution in [-0.2, 0) is 13.1 Å². The minimum absolute atomic E-state index is 0.256. The lowest BCUT2D eigenvalue weighted by Gasteiger charge is -2.27. The van der Waals surface area contributed by atoms with Crippen molar-refractivity contribution in [3.05, 3.63) is 23.5 Å². The van der Waals surface area contributed by atoms with Crippen LogP contribution < -0.4 is 4.74 Å². The summed E-state index contributed by atoms with van der Waals surface area (Å²) < 4.78 is 6.03. The van der Waals surface area contributed by atoms with Gasteiger partial charge >= 0.3 is 0 Å². The van der Waals surface area contributed by atoms with Crippen LogP contribution in [0.2, 0.25) is 0 Å². The fourth-order valence-corrected chi connectivity index (χ4v) is 2.54. The Balaban J connectivity index is 1.69. The highest BCUT2D eigenvalue weighted by Crippen LogP contribution is 2.32. The van der Waals surface area contributed by atoms with Gasteiger partial charge in [-0.25, -0.2) is 0 Å². The molecule has 0 radical (unpaired) electrons. The maximum atomic E-state index is 8.89. The second kappa shape index (κ2) is 5.24. The first-order valence-corrected chi connectivity index (χ1v) is 6.83. The van der Waals surface area contributed by atoms with E-state index >= 15 is 0 Å². The van der Waals surface area contributed by atoms with E-state index in [4.69, 9.17) is 9.84 Å². The van der Waals surface area contributed by atoms with E-state index in [2.05, 4.69) is 9.88 Å². The van der Waals surface area contributed by atoms with Crippen LogP contribution in [0.4, 0.5) is 0 Å². The van der Waals surface area contributed by atoms with Gasteiger partial charge in [-0.3, -0.25) is 9.88 Å². The molecule has 0 spiro atoms. The third-order valence-corrected chi connectivity index (χ3v) is 3.84. The zero-order valence-corrected chi connectivity index (χ0v) is 10.6. The Hall–Kier alpha value is -1.13. The van der Waals surface area contributed by atoms with Gasteiger partial charge in [0.25, 0.3) is 0 Å². The Morgan fingerprint density at radius 1 is 1.39 bits per heavy atom. The smallest absolute Gasteiger partial charge is 0.127 e. The summed E-state index contributed by atoms with van der Waals surface area (Å²) in [7, 11) is 0. The van der Waals surface area contributed by atoms with Crippen LogP contribution in [0.15, 0.2) is 12.3 Å². The highest BCUT2D eigenvalue weighted by atomic mass is 16.5. The number of hydrogen-bond acceptors (Lipinski definition) is 4. The van der Waals surface area contributed by atoms with Crippen LogP contribution in [-0.4, -0.2) is 34.2 Å². The molecule has 0 saturated heterocycles. The van der Waals surface area contributed by atoms with Crippen molar-refractivity contribution in [2.75, 3.05) is 13.2 Å². The fourth-order valence-electron chi connectivity index (χ4n) is 2.54. The Bertz CT molecular complexity index is 418. The van der Waals surface area contributed by atoms with E-state index in [0.29, 0.717) is 6.10 Å². The predicted octanol–water partition coefficient (Wildman–Crippen LogP) is 1.71. The van der Waals surface area contributed by atoms with E-state index in [1.54, 1.807) is 0 Å². The Kier molecular flexibility index (Phi) is 3.48. The van der Waals surface area contributed by atoms with Crippen LogP contribution in [0.3, 0.4) is 0 Å². The molecule has 2 aliphatic rings. The lowest BCUT2D eigenvalue weighted by atomic mass is 9.96. The Morgan fingerprint density at radius 2 is 2.28 bits per heavy atom. The van der Waals surface area contributed by atoms with Gasteiger partial charge < -0.3 is 9.84 Å². The molecule has 4 nitrogen and oxygen atoms in total. The van der Waals surface area contributed by atoms with E-state index in [1.165, 1.54) is 24.8 Å². The van der Waals surface area contributed by atoms with Crippen LogP contribution >= 0.6 is 0 Å². The first-order chi connectivity index (χ1) is 8.86. The van der Waals surface area contributed by atoms with Crippen molar-refractivity contribution in [1.29, 1.82) is 0 Å². The van der Waals surface area contributed by atoms with E-state index in [-0.39, 0.29) is 6.61 Å². The van der Waals surface area contributed by atoms with Crippen LogP contribution in [0, 0.1) is 0 Å². The Morgan fingerprint density at radius 3 is 3.00 bits per heavy atom. The maximum Gasteiger partial charge on any atom is 0.127 e. The predicted molar refractivity (Wildman–Crippen MR) is 68.3 cm³/mol. The SMILES string of the molecule is OCCCN1Cc2nccc(OC3CCC3)c2C1. The molecule has 2 heterocycles. The number of ether oxygens (including phenoxy) is 1. The van der Waals surface area contributed by atoms with Gasteiger partial charge in [-0.2, -0.15) is 0 Å². The number of aromatic nitrogens is 1. The molecule has 3 rings (SSSR count). The second-order valence-corrected chi connectivity index (χ2v) is 5.19. The number of aliphatic hydroxyl groups excluding tert-OH is 1. The van der Waals surface area contributed by atoms with E-state index in [9.17, 15) is 0 Å². The summed E-state index contributed by atoms with van der Waals surface area (Å²) in [5, 5.41) is 8.89. The second-order valence-electron chi connectivity index (χ2n) is 5.19. The average Bonchev–Trinajstić information content (AvgIpc) is 2.74. The first kappa shape index (κ1) is 11.9. The largest absolute Gasteiger partial charge is 0.490 e. The molecule has 98 valence electrons. The van der Waals surface area contributed by atoms with Gasteiger partial charge in [-0.15, -0.1) is 0 Å². The number of aliphatic hydroxyl groups is 1. The quantitative estimate of drug-likeness (QED) is 0.861. The van der Waals surface area contributed by atoms with Crippen molar-refractivity contribution in [3.8, 4) is 5.75 Å². The topological polar surface area (TPSA) is 45.6 Å². The van der Waals surface area contributed by atoms with Gasteiger partial charge in [0.1, 0.15) is 5.75 Å². The Labute approximate surface area is 108 Å². The summed E-state index contributed by atoms with van der Waals surface area (Å²) in [4.78, 5) is 6.77. The van der Waals surface area contributed by atoms with Crippen LogP contribution in [0.5, 0.6) is 5.75 Å². The summed E-state index contributed by atoms with van der Waals surface area (Å²) in [5.74, 6) is 1.02. The summed E-state index contributed by atoms with van der Waals surface area (Å²) in [6.07, 6.45) is 6.76. The first-order valence-electron chi connectivity index (χ1n) is 6.83. The number of hydrogen-bond donors (Lipinski definition) is 1. The van der Waals surface area contributed by atoms with Gasteiger partial charge in [0.05, 0.1) is 11.8 Å². The molecule has 4 heteroatoms. The number of fused-ring (bicyclic) bond motifs is 1. The van der Waals surface area contributed by atoms with Gasteiger partial charge in [-0.05, 0) is 31.7 Å². The monoisotopic (exact) mass is 248 g/mol. The van der Waals surface area contributed by atoms with Gasteiger partial charge in [-0.1, -0.05) is 0 Å². The van der Waals surface area contributed by atoms with Crippen LogP contribution in [0.25, 0.3) is 0 Å². The summed E-state index contributed by atoms with van der Waals surface area (Å²) in [6.45, 7) is 2.98. The standard InChI is InChI=1S/C14H20N2O2/c17-8-2-7-16-9-12-13(10-16)15-6-5-14(12)18-11-3-1-4-11/h5-6,11,17H,1-4,7-10H2. The van der Waals surface area contributed by atoms with Crippen molar-refractivity contribution in [2.45, 2.75) is 44.9 Å². The molecule has 0 amide bonds. The maximum absolute atomic E-state index is 8.89. The van der Waals surface area contributed by atoms with E-state index in [1.807, 2.05) is 12.3 Å². The number of nitrogens with zero attached hydrogens (tertiary/aromatic N) is 2. The van der Waals surface area contributed by atoms with Gasteiger partial charge in [0.2, 0.25) is 0 Å². The molecular formula is C14H20N2O2. The van der Waals surface area contributed by atoms with Gasteiger partial charge in [0.15, 0.2) is 0 Å². The van der Waals surface area contributed by atoms with Gasteiger partial charge in [0, 0.05) is 38.0 Å². The molecule has 1 aliphatic heterocycles. The van der Waals surface area contributed by atoms with Crippen molar-refractivity contribution in [1.82, 2.24) is 9.88 Å². The molecule has 1 N–H and O–H groups in total. The minimum Gasteiger partial charge on any atom is -0.490 e. The molecule has 1 aliphatic carbocycles. The average molecular weight is 248 g/mol. The lowest BCUT2D eigenvalue weighted by molar-refractivity contribution is 0.118. The number of rotatable bonds is 5. The molecule has 0 atom stereocenters. The molecule has 18 heavy (non-hydrogen) atoms. The third-order valence-electron chi connectivity index (χ3n) is 3.84. The molecule has 0 bridgehead atoms. The van der Waals surface area contributed by atoms with Crippen molar-refractivity contribution < 1.29 is 9.84 Å². The third kappa shape index (κ3) is 2.35. The van der Waals surface area contributed by atoms with Crippen molar-refractivity contribution >= 4 is 0 Å². The molecule has 1 aromatic rings. The molecule has 0 aromatic carbocycles. The summed E-state index contributed by atoms with van der Waals surface area (Å²) >= 11 is 0. The zero-order chi connectivity index (χ0) is 12.4. The van der Waals surface area contributed by atoms with E-state index in [0.717, 1.165) is 37.5 Å². The molecular weight excluding hydrogens is 228 g/mol.